The Bertz CT molecular complexity index is 1110. The number of halogens is 3. The number of hydrogen-bond acceptors (Lipinski definition) is 6. The smallest absolute Gasteiger partial charge is 0.406 e. The van der Waals surface area contributed by atoms with Crippen LogP contribution >= 0.6 is 0 Å². The van der Waals surface area contributed by atoms with Crippen molar-refractivity contribution in [2.24, 2.45) is 0 Å². The lowest BCUT2D eigenvalue weighted by atomic mass is 10.1. The van der Waals surface area contributed by atoms with E-state index in [1.54, 1.807) is 6.92 Å². The van der Waals surface area contributed by atoms with E-state index in [0.717, 1.165) is 12.1 Å². The molecule has 0 radical (unpaired) electrons. The maximum atomic E-state index is 12.5. The highest BCUT2D eigenvalue weighted by Gasteiger charge is 2.31. The zero-order valence-corrected chi connectivity index (χ0v) is 16.1. The summed E-state index contributed by atoms with van der Waals surface area (Å²) in [6, 6.07) is 8.54. The monoisotopic (exact) mass is 434 g/mol. The van der Waals surface area contributed by atoms with Gasteiger partial charge in [0.05, 0.1) is 12.3 Å². The number of amides is 1. The summed E-state index contributed by atoms with van der Waals surface area (Å²) in [7, 11) is 0. The fourth-order valence-electron chi connectivity index (χ4n) is 2.56. The summed E-state index contributed by atoms with van der Waals surface area (Å²) in [6.45, 7) is 1.32. The number of aromatic amines is 1. The predicted octanol–water partition coefficient (Wildman–Crippen LogP) is 2.51. The second-order valence-corrected chi connectivity index (χ2v) is 6.53. The number of benzene rings is 1. The average Bonchev–Trinajstić information content (AvgIpc) is 2.73. The molecule has 1 aromatic carbocycles. The number of pyridine rings is 1. The molecule has 0 fully saturated rings. The minimum Gasteiger partial charge on any atom is -0.406 e. The molecule has 0 saturated carbocycles. The van der Waals surface area contributed by atoms with Gasteiger partial charge in [0.1, 0.15) is 11.4 Å². The zero-order chi connectivity index (χ0) is 22.6. The first-order valence-electron chi connectivity index (χ1n) is 9.01. The van der Waals surface area contributed by atoms with Gasteiger partial charge in [-0.3, -0.25) is 9.59 Å². The number of rotatable bonds is 6. The van der Waals surface area contributed by atoms with Gasteiger partial charge in [0.15, 0.2) is 5.82 Å². The number of aromatic nitrogens is 3. The van der Waals surface area contributed by atoms with Gasteiger partial charge in [-0.25, -0.2) is 9.97 Å². The van der Waals surface area contributed by atoms with Crippen molar-refractivity contribution in [3.05, 3.63) is 64.7 Å². The number of alkyl halides is 3. The molecular formula is C20H17F3N4O4. The number of aliphatic hydroxyl groups is 1. The lowest BCUT2D eigenvalue weighted by molar-refractivity contribution is -0.274. The molecule has 3 aromatic rings. The molecule has 0 bridgehead atoms. The SMILES string of the molecule is CC(CO)NC(=O)c1cc(-c2ccc(OC(F)(F)F)cc2)nc(-c2ccc(=O)[nH]c2)n1. The Morgan fingerprint density at radius 1 is 1.16 bits per heavy atom. The highest BCUT2D eigenvalue weighted by Crippen LogP contribution is 2.27. The summed E-state index contributed by atoms with van der Waals surface area (Å²) in [5.41, 5.74) is 0.725. The van der Waals surface area contributed by atoms with Crippen LogP contribution in [0.5, 0.6) is 5.75 Å². The number of H-pyrrole nitrogens is 1. The van der Waals surface area contributed by atoms with E-state index >= 15 is 0 Å². The van der Waals surface area contributed by atoms with Crippen LogP contribution in [0, 0.1) is 0 Å². The highest BCUT2D eigenvalue weighted by atomic mass is 19.4. The molecule has 0 aliphatic rings. The summed E-state index contributed by atoms with van der Waals surface area (Å²) in [4.78, 5) is 34.9. The molecule has 2 aromatic heterocycles. The third-order valence-electron chi connectivity index (χ3n) is 4.04. The van der Waals surface area contributed by atoms with E-state index in [-0.39, 0.29) is 29.4 Å². The number of aliphatic hydroxyl groups excluding tert-OH is 1. The maximum Gasteiger partial charge on any atom is 0.573 e. The number of hydrogen-bond donors (Lipinski definition) is 3. The van der Waals surface area contributed by atoms with E-state index < -0.39 is 24.1 Å². The summed E-state index contributed by atoms with van der Waals surface area (Å²) in [5.74, 6) is -0.861. The molecule has 1 unspecified atom stereocenters. The van der Waals surface area contributed by atoms with Crippen LogP contribution in [0.3, 0.4) is 0 Å². The lowest BCUT2D eigenvalue weighted by Crippen LogP contribution is -2.35. The quantitative estimate of drug-likeness (QED) is 0.549. The van der Waals surface area contributed by atoms with Crippen molar-refractivity contribution in [1.29, 1.82) is 0 Å². The summed E-state index contributed by atoms with van der Waals surface area (Å²) < 4.78 is 41.0. The first-order chi connectivity index (χ1) is 14.6. The van der Waals surface area contributed by atoms with Gasteiger partial charge in [-0.05, 0) is 43.3 Å². The fraction of sp³-hybridized carbons (Fsp3) is 0.200. The number of carbonyl (C=O) groups excluding carboxylic acids is 1. The predicted molar refractivity (Wildman–Crippen MR) is 104 cm³/mol. The van der Waals surface area contributed by atoms with Gasteiger partial charge in [-0.1, -0.05) is 0 Å². The lowest BCUT2D eigenvalue weighted by Gasteiger charge is -2.13. The minimum atomic E-state index is -4.82. The number of ether oxygens (including phenoxy) is 1. The third kappa shape index (κ3) is 5.89. The van der Waals surface area contributed by atoms with E-state index in [0.29, 0.717) is 11.1 Å². The van der Waals surface area contributed by atoms with Crippen molar-refractivity contribution in [3.8, 4) is 28.4 Å². The van der Waals surface area contributed by atoms with Crippen LogP contribution in [0.25, 0.3) is 22.6 Å². The Morgan fingerprint density at radius 2 is 1.84 bits per heavy atom. The highest BCUT2D eigenvalue weighted by molar-refractivity contribution is 5.94. The number of nitrogens with zero attached hydrogens (tertiary/aromatic N) is 2. The van der Waals surface area contributed by atoms with E-state index in [9.17, 15) is 22.8 Å². The first kappa shape index (κ1) is 22.0. The molecule has 31 heavy (non-hydrogen) atoms. The van der Waals surface area contributed by atoms with Crippen LogP contribution in [-0.4, -0.2) is 45.0 Å². The normalized spacial score (nSPS) is 12.3. The van der Waals surface area contributed by atoms with Crippen molar-refractivity contribution in [1.82, 2.24) is 20.3 Å². The van der Waals surface area contributed by atoms with Gasteiger partial charge in [-0.15, -0.1) is 13.2 Å². The Kier molecular flexibility index (Phi) is 6.35. The zero-order valence-electron chi connectivity index (χ0n) is 16.1. The molecule has 1 amide bonds. The van der Waals surface area contributed by atoms with Crippen LogP contribution in [-0.2, 0) is 0 Å². The van der Waals surface area contributed by atoms with Crippen molar-refractivity contribution in [2.75, 3.05) is 6.61 Å². The van der Waals surface area contributed by atoms with Gasteiger partial charge in [0, 0.05) is 29.4 Å². The molecule has 0 aliphatic carbocycles. The topological polar surface area (TPSA) is 117 Å². The van der Waals surface area contributed by atoms with Crippen LogP contribution in [0.2, 0.25) is 0 Å². The molecule has 11 heteroatoms. The Morgan fingerprint density at radius 3 is 2.42 bits per heavy atom. The number of carbonyl (C=O) groups is 1. The van der Waals surface area contributed by atoms with Crippen molar-refractivity contribution in [3.63, 3.8) is 0 Å². The van der Waals surface area contributed by atoms with Crippen LogP contribution in [0.1, 0.15) is 17.4 Å². The standard InChI is InChI=1S/C20H17F3N4O4/c1-11(10-28)25-19(30)16-8-15(12-2-5-14(6-3-12)31-20(21,22)23)26-18(27-16)13-4-7-17(29)24-9-13/h2-9,11,28H,10H2,1H3,(H,24,29)(H,25,30). The molecule has 1 atom stereocenters. The fourth-order valence-corrected chi connectivity index (χ4v) is 2.56. The molecule has 8 nitrogen and oxygen atoms in total. The maximum absolute atomic E-state index is 12.5. The molecular weight excluding hydrogens is 417 g/mol. The second-order valence-electron chi connectivity index (χ2n) is 6.53. The van der Waals surface area contributed by atoms with Crippen molar-refractivity contribution < 1.29 is 27.8 Å². The summed E-state index contributed by atoms with van der Waals surface area (Å²) >= 11 is 0. The Labute approximate surface area is 173 Å². The molecule has 0 aliphatic heterocycles. The molecule has 0 saturated heterocycles. The van der Waals surface area contributed by atoms with E-state index in [1.807, 2.05) is 0 Å². The van der Waals surface area contributed by atoms with Gasteiger partial charge < -0.3 is 20.1 Å². The van der Waals surface area contributed by atoms with Crippen LogP contribution in [0.15, 0.2) is 53.5 Å². The molecule has 0 spiro atoms. The minimum absolute atomic E-state index is 0.0258. The summed E-state index contributed by atoms with van der Waals surface area (Å²) in [6.07, 6.45) is -3.44. The van der Waals surface area contributed by atoms with E-state index in [1.165, 1.54) is 36.5 Å². The Hall–Kier alpha value is -3.73. The van der Waals surface area contributed by atoms with Gasteiger partial charge in [-0.2, -0.15) is 0 Å². The van der Waals surface area contributed by atoms with Crippen LogP contribution in [0.4, 0.5) is 13.2 Å². The van der Waals surface area contributed by atoms with Gasteiger partial charge in [0.2, 0.25) is 5.56 Å². The van der Waals surface area contributed by atoms with E-state index in [4.69, 9.17) is 5.11 Å². The summed E-state index contributed by atoms with van der Waals surface area (Å²) in [5, 5.41) is 11.7. The van der Waals surface area contributed by atoms with Crippen molar-refractivity contribution in [2.45, 2.75) is 19.3 Å². The number of nitrogens with one attached hydrogen (secondary N) is 2. The average molecular weight is 434 g/mol. The second kappa shape index (κ2) is 8.96. The van der Waals surface area contributed by atoms with Crippen molar-refractivity contribution >= 4 is 5.91 Å². The Balaban J connectivity index is 2.03. The third-order valence-corrected chi connectivity index (χ3v) is 4.04. The largest absolute Gasteiger partial charge is 0.573 e. The molecule has 2 heterocycles. The van der Waals surface area contributed by atoms with E-state index in [2.05, 4.69) is 25.0 Å². The van der Waals surface area contributed by atoms with Gasteiger partial charge >= 0.3 is 6.36 Å². The van der Waals surface area contributed by atoms with Crippen LogP contribution < -0.4 is 15.6 Å². The first-order valence-corrected chi connectivity index (χ1v) is 9.01. The van der Waals surface area contributed by atoms with Gasteiger partial charge in [0.25, 0.3) is 5.91 Å². The molecule has 3 rings (SSSR count). The molecule has 3 N–H and O–H groups in total. The molecule has 162 valence electrons.